The van der Waals surface area contributed by atoms with Gasteiger partial charge in [-0.05, 0) is 52.0 Å². The molecule has 2 heterocycles. The van der Waals surface area contributed by atoms with Crippen LogP contribution >= 0.6 is 0 Å². The Hall–Kier alpha value is -2.43. The molecule has 0 amide bonds. The second-order valence-electron chi connectivity index (χ2n) is 6.83. The third-order valence-electron chi connectivity index (χ3n) is 3.69. The van der Waals surface area contributed by atoms with E-state index in [9.17, 15) is 9.90 Å². The zero-order valence-electron chi connectivity index (χ0n) is 13.9. The standard InChI is InChI=1S/C18H20O5/c1-10(19)21-16-14-11(6-8-17(2,3)22-14)13(20)12-7-9-18(4,5)23-15(12)16/h6-9,20H,1-5H3. The Labute approximate surface area is 135 Å². The van der Waals surface area contributed by atoms with E-state index in [0.717, 1.165) is 0 Å². The lowest BCUT2D eigenvalue weighted by molar-refractivity contribution is -0.132. The second-order valence-corrected chi connectivity index (χ2v) is 6.83. The summed E-state index contributed by atoms with van der Waals surface area (Å²) in [5, 5.41) is 10.6. The molecule has 2 aliphatic heterocycles. The van der Waals surface area contributed by atoms with Crippen LogP contribution in [0.1, 0.15) is 45.7 Å². The van der Waals surface area contributed by atoms with Crippen LogP contribution in [0, 0.1) is 0 Å². The van der Waals surface area contributed by atoms with Crippen LogP contribution < -0.4 is 14.2 Å². The van der Waals surface area contributed by atoms with Crippen molar-refractivity contribution >= 4 is 18.1 Å². The van der Waals surface area contributed by atoms with Crippen molar-refractivity contribution in [1.29, 1.82) is 0 Å². The van der Waals surface area contributed by atoms with Gasteiger partial charge in [0, 0.05) is 6.92 Å². The second kappa shape index (κ2) is 4.78. The van der Waals surface area contributed by atoms with Gasteiger partial charge < -0.3 is 19.3 Å². The summed E-state index contributed by atoms with van der Waals surface area (Å²) in [5.41, 5.74) is -0.204. The van der Waals surface area contributed by atoms with Gasteiger partial charge in [0.15, 0.2) is 11.5 Å². The van der Waals surface area contributed by atoms with Crippen LogP contribution in [0.2, 0.25) is 0 Å². The van der Waals surface area contributed by atoms with Crippen molar-refractivity contribution in [3.8, 4) is 23.0 Å². The van der Waals surface area contributed by atoms with E-state index in [2.05, 4.69) is 0 Å². The van der Waals surface area contributed by atoms with Crippen LogP contribution in [0.4, 0.5) is 0 Å². The molecule has 0 aromatic heterocycles. The molecule has 1 N–H and O–H groups in total. The fraction of sp³-hybridized carbons (Fsp3) is 0.389. The third-order valence-corrected chi connectivity index (χ3v) is 3.69. The fourth-order valence-corrected chi connectivity index (χ4v) is 2.62. The predicted octanol–water partition coefficient (Wildman–Crippen LogP) is 3.69. The molecule has 0 fully saturated rings. The SMILES string of the molecule is CC(=O)Oc1c2c(c(O)c3c1OC(C)(C)C=C3)C=CC(C)(C)O2. The smallest absolute Gasteiger partial charge is 0.308 e. The molecule has 3 rings (SSSR count). The average molecular weight is 316 g/mol. The average Bonchev–Trinajstić information content (AvgIpc) is 2.41. The van der Waals surface area contributed by atoms with Crippen molar-refractivity contribution in [2.75, 3.05) is 0 Å². The molecule has 0 unspecified atom stereocenters. The number of hydrogen-bond donors (Lipinski definition) is 1. The highest BCUT2D eigenvalue weighted by Gasteiger charge is 2.36. The lowest BCUT2D eigenvalue weighted by Gasteiger charge is -2.34. The molecule has 0 saturated heterocycles. The van der Waals surface area contributed by atoms with Gasteiger partial charge in [-0.25, -0.2) is 0 Å². The third kappa shape index (κ3) is 2.67. The summed E-state index contributed by atoms with van der Waals surface area (Å²) in [6.45, 7) is 8.84. The number of fused-ring (bicyclic) bond motifs is 2. The molecule has 23 heavy (non-hydrogen) atoms. The number of phenolic OH excluding ortho intramolecular Hbond substituents is 1. The largest absolute Gasteiger partial charge is 0.506 e. The molecule has 5 nitrogen and oxygen atoms in total. The Morgan fingerprint density at radius 3 is 1.83 bits per heavy atom. The van der Waals surface area contributed by atoms with Crippen LogP contribution in [0.5, 0.6) is 23.0 Å². The summed E-state index contributed by atoms with van der Waals surface area (Å²) < 4.78 is 17.3. The van der Waals surface area contributed by atoms with Crippen molar-refractivity contribution in [2.24, 2.45) is 0 Å². The van der Waals surface area contributed by atoms with Gasteiger partial charge in [0.25, 0.3) is 0 Å². The summed E-state index contributed by atoms with van der Waals surface area (Å²) in [6, 6.07) is 0. The molecule has 5 heteroatoms. The van der Waals surface area contributed by atoms with Gasteiger partial charge in [0.1, 0.15) is 17.0 Å². The number of ether oxygens (including phenoxy) is 3. The Morgan fingerprint density at radius 2 is 1.43 bits per heavy atom. The van der Waals surface area contributed by atoms with E-state index in [4.69, 9.17) is 14.2 Å². The first kappa shape index (κ1) is 15.5. The Balaban J connectivity index is 2.30. The number of rotatable bonds is 1. The molecule has 2 aliphatic rings. The van der Waals surface area contributed by atoms with Gasteiger partial charge in [0.2, 0.25) is 5.75 Å². The van der Waals surface area contributed by atoms with Crippen molar-refractivity contribution in [3.63, 3.8) is 0 Å². The highest BCUT2D eigenvalue weighted by Crippen LogP contribution is 2.54. The normalized spacial score (nSPS) is 19.2. The number of hydrogen-bond acceptors (Lipinski definition) is 5. The van der Waals surface area contributed by atoms with Gasteiger partial charge in [-0.3, -0.25) is 4.79 Å². The fourth-order valence-electron chi connectivity index (χ4n) is 2.62. The van der Waals surface area contributed by atoms with Gasteiger partial charge in [-0.2, -0.15) is 0 Å². The molecule has 1 aromatic carbocycles. The highest BCUT2D eigenvalue weighted by atomic mass is 16.6. The van der Waals surface area contributed by atoms with Crippen LogP contribution in [-0.4, -0.2) is 22.3 Å². The maximum absolute atomic E-state index is 11.6. The minimum absolute atomic E-state index is 0.0457. The van der Waals surface area contributed by atoms with Crippen LogP contribution in [-0.2, 0) is 4.79 Å². The monoisotopic (exact) mass is 316 g/mol. The van der Waals surface area contributed by atoms with E-state index in [1.54, 1.807) is 12.2 Å². The summed E-state index contributed by atoms with van der Waals surface area (Å²) >= 11 is 0. The molecule has 0 atom stereocenters. The van der Waals surface area contributed by atoms with E-state index in [-0.39, 0.29) is 11.5 Å². The Bertz CT molecular complexity index is 700. The van der Waals surface area contributed by atoms with E-state index in [1.165, 1.54) is 6.92 Å². The van der Waals surface area contributed by atoms with Crippen LogP contribution in [0.15, 0.2) is 12.2 Å². The number of phenols is 1. The Morgan fingerprint density at radius 1 is 1.00 bits per heavy atom. The van der Waals surface area contributed by atoms with E-state index in [0.29, 0.717) is 22.6 Å². The number of carbonyl (C=O) groups excluding carboxylic acids is 1. The topological polar surface area (TPSA) is 65.0 Å². The van der Waals surface area contributed by atoms with Gasteiger partial charge >= 0.3 is 5.97 Å². The number of carbonyl (C=O) groups is 1. The number of benzene rings is 1. The van der Waals surface area contributed by atoms with Crippen molar-refractivity contribution < 1.29 is 24.1 Å². The minimum Gasteiger partial charge on any atom is -0.506 e. The predicted molar refractivity (Wildman–Crippen MR) is 86.9 cm³/mol. The molecule has 0 saturated carbocycles. The molecule has 0 aliphatic carbocycles. The summed E-state index contributed by atoms with van der Waals surface area (Å²) in [5.74, 6) is 0.400. The first-order valence-corrected chi connectivity index (χ1v) is 7.47. The molecule has 0 spiro atoms. The van der Waals surface area contributed by atoms with E-state index < -0.39 is 17.2 Å². The molecule has 0 bridgehead atoms. The summed E-state index contributed by atoms with van der Waals surface area (Å²) in [7, 11) is 0. The molecular weight excluding hydrogens is 296 g/mol. The lowest BCUT2D eigenvalue weighted by Crippen LogP contribution is -2.30. The van der Waals surface area contributed by atoms with Crippen molar-refractivity contribution in [3.05, 3.63) is 23.3 Å². The van der Waals surface area contributed by atoms with Crippen LogP contribution in [0.25, 0.3) is 12.2 Å². The summed E-state index contributed by atoms with van der Waals surface area (Å²) in [6.07, 6.45) is 7.23. The maximum atomic E-state index is 11.6. The molecule has 0 radical (unpaired) electrons. The number of aromatic hydroxyl groups is 1. The Kier molecular flexibility index (Phi) is 3.21. The molecular formula is C18H20O5. The van der Waals surface area contributed by atoms with Gasteiger partial charge in [-0.1, -0.05) is 0 Å². The van der Waals surface area contributed by atoms with Gasteiger partial charge in [-0.15, -0.1) is 0 Å². The first-order valence-electron chi connectivity index (χ1n) is 7.47. The lowest BCUT2D eigenvalue weighted by atomic mass is 9.95. The minimum atomic E-state index is -0.581. The van der Waals surface area contributed by atoms with E-state index >= 15 is 0 Å². The number of esters is 1. The van der Waals surface area contributed by atoms with Gasteiger partial charge in [0.05, 0.1) is 11.1 Å². The van der Waals surface area contributed by atoms with E-state index in [1.807, 2.05) is 39.8 Å². The van der Waals surface area contributed by atoms with Crippen molar-refractivity contribution in [2.45, 2.75) is 45.8 Å². The maximum Gasteiger partial charge on any atom is 0.308 e. The zero-order valence-corrected chi connectivity index (χ0v) is 13.9. The quantitative estimate of drug-likeness (QED) is 0.632. The summed E-state index contributed by atoms with van der Waals surface area (Å²) in [4.78, 5) is 11.6. The zero-order chi connectivity index (χ0) is 17.0. The molecule has 1 aromatic rings. The molecule has 122 valence electrons. The van der Waals surface area contributed by atoms with Crippen LogP contribution in [0.3, 0.4) is 0 Å². The first-order chi connectivity index (χ1) is 10.6. The highest BCUT2D eigenvalue weighted by molar-refractivity contribution is 5.85. The van der Waals surface area contributed by atoms with Crippen molar-refractivity contribution in [1.82, 2.24) is 0 Å².